The Morgan fingerprint density at radius 2 is 2.00 bits per heavy atom. The van der Waals surface area contributed by atoms with Crippen LogP contribution in [0.3, 0.4) is 0 Å². The predicted molar refractivity (Wildman–Crippen MR) is 65.4 cm³/mol. The van der Waals surface area contributed by atoms with Crippen molar-refractivity contribution in [1.82, 2.24) is 0 Å². The first-order valence-electron chi connectivity index (χ1n) is 6.32. The number of hydrogen-bond acceptors (Lipinski definition) is 2. The molecule has 0 amide bonds. The van der Waals surface area contributed by atoms with Gasteiger partial charge in [-0.1, -0.05) is 6.42 Å². The topological polar surface area (TPSA) is 34.1 Å². The standard InChI is InChI=1S/C12H19ClO2S/c13-8-12(6-9-1-2-10(12)5-9)11-3-4-16(14,15)7-11/h9-11H,1-8H2. The molecule has 4 heteroatoms. The molecule has 1 aliphatic heterocycles. The van der Waals surface area contributed by atoms with Gasteiger partial charge in [0.25, 0.3) is 0 Å². The summed E-state index contributed by atoms with van der Waals surface area (Å²) in [4.78, 5) is 0. The molecule has 4 atom stereocenters. The first-order valence-corrected chi connectivity index (χ1v) is 8.68. The molecule has 0 radical (unpaired) electrons. The van der Waals surface area contributed by atoms with Crippen LogP contribution in [0, 0.1) is 23.2 Å². The molecule has 0 aromatic rings. The summed E-state index contributed by atoms with van der Waals surface area (Å²) in [6.07, 6.45) is 6.00. The highest BCUT2D eigenvalue weighted by Gasteiger charge is 2.56. The van der Waals surface area contributed by atoms with Gasteiger partial charge in [-0.15, -0.1) is 11.6 Å². The van der Waals surface area contributed by atoms with Crippen LogP contribution in [-0.4, -0.2) is 25.8 Å². The van der Waals surface area contributed by atoms with Crippen molar-refractivity contribution in [1.29, 1.82) is 0 Å². The van der Waals surface area contributed by atoms with Gasteiger partial charge >= 0.3 is 0 Å². The molecule has 0 aromatic heterocycles. The summed E-state index contributed by atoms with van der Waals surface area (Å²) < 4.78 is 23.2. The molecule has 1 heterocycles. The first-order chi connectivity index (χ1) is 7.56. The number of halogens is 1. The molecule has 3 fully saturated rings. The molecule has 2 aliphatic carbocycles. The lowest BCUT2D eigenvalue weighted by molar-refractivity contribution is 0.116. The van der Waals surface area contributed by atoms with Crippen molar-refractivity contribution in [3.63, 3.8) is 0 Å². The van der Waals surface area contributed by atoms with Crippen LogP contribution in [0.15, 0.2) is 0 Å². The summed E-state index contributed by atoms with van der Waals surface area (Å²) >= 11 is 6.24. The van der Waals surface area contributed by atoms with Crippen molar-refractivity contribution in [3.8, 4) is 0 Å². The van der Waals surface area contributed by atoms with Crippen molar-refractivity contribution in [2.24, 2.45) is 23.2 Å². The van der Waals surface area contributed by atoms with Gasteiger partial charge in [-0.3, -0.25) is 0 Å². The zero-order chi connectivity index (χ0) is 11.4. The Morgan fingerprint density at radius 3 is 2.44 bits per heavy atom. The van der Waals surface area contributed by atoms with Crippen LogP contribution in [0.1, 0.15) is 32.1 Å². The number of rotatable bonds is 2. The molecule has 2 bridgehead atoms. The van der Waals surface area contributed by atoms with Crippen LogP contribution in [0.25, 0.3) is 0 Å². The van der Waals surface area contributed by atoms with E-state index in [-0.39, 0.29) is 5.41 Å². The highest BCUT2D eigenvalue weighted by Crippen LogP contribution is 2.61. The van der Waals surface area contributed by atoms with Gasteiger partial charge in [-0.25, -0.2) is 8.42 Å². The molecule has 2 saturated carbocycles. The Labute approximate surface area is 103 Å². The Hall–Kier alpha value is 0.240. The maximum atomic E-state index is 11.6. The van der Waals surface area contributed by atoms with Crippen LogP contribution in [0.2, 0.25) is 0 Å². The smallest absolute Gasteiger partial charge is 0.150 e. The molecular weight excluding hydrogens is 244 g/mol. The van der Waals surface area contributed by atoms with E-state index in [0.717, 1.165) is 12.3 Å². The summed E-state index contributed by atoms with van der Waals surface area (Å²) in [5.41, 5.74) is 0.175. The van der Waals surface area contributed by atoms with E-state index in [1.54, 1.807) is 0 Å². The largest absolute Gasteiger partial charge is 0.229 e. The Balaban J connectivity index is 1.87. The van der Waals surface area contributed by atoms with Crippen LogP contribution in [0.4, 0.5) is 0 Å². The lowest BCUT2D eigenvalue weighted by atomic mass is 9.66. The Morgan fingerprint density at radius 1 is 1.19 bits per heavy atom. The lowest BCUT2D eigenvalue weighted by Gasteiger charge is -2.41. The molecule has 1 saturated heterocycles. The van der Waals surface area contributed by atoms with Gasteiger partial charge in [0, 0.05) is 5.88 Å². The average molecular weight is 263 g/mol. The van der Waals surface area contributed by atoms with E-state index >= 15 is 0 Å². The molecular formula is C12H19ClO2S. The monoisotopic (exact) mass is 262 g/mol. The van der Waals surface area contributed by atoms with Gasteiger partial charge in [0.2, 0.25) is 0 Å². The van der Waals surface area contributed by atoms with Gasteiger partial charge in [-0.2, -0.15) is 0 Å². The van der Waals surface area contributed by atoms with E-state index in [1.165, 1.54) is 25.7 Å². The Bertz CT molecular complexity index is 392. The minimum atomic E-state index is -2.76. The maximum absolute atomic E-state index is 11.6. The van der Waals surface area contributed by atoms with E-state index in [9.17, 15) is 8.42 Å². The number of hydrogen-bond donors (Lipinski definition) is 0. The summed E-state index contributed by atoms with van der Waals surface area (Å²) in [5.74, 6) is 3.39. The molecule has 0 spiro atoms. The van der Waals surface area contributed by atoms with Crippen molar-refractivity contribution in [2.45, 2.75) is 32.1 Å². The van der Waals surface area contributed by atoms with Crippen molar-refractivity contribution in [3.05, 3.63) is 0 Å². The van der Waals surface area contributed by atoms with Crippen molar-refractivity contribution < 1.29 is 8.42 Å². The lowest BCUT2D eigenvalue weighted by Crippen LogP contribution is -2.38. The maximum Gasteiger partial charge on any atom is 0.150 e. The summed E-state index contributed by atoms with van der Waals surface area (Å²) in [7, 11) is -2.76. The molecule has 3 aliphatic rings. The van der Waals surface area contributed by atoms with Crippen LogP contribution in [0.5, 0.6) is 0 Å². The summed E-state index contributed by atoms with van der Waals surface area (Å²) in [5, 5.41) is 0. The van der Waals surface area contributed by atoms with Crippen molar-refractivity contribution >= 4 is 21.4 Å². The normalized spacial score (nSPS) is 49.9. The Kier molecular flexibility index (Phi) is 2.56. The molecule has 3 rings (SSSR count). The minimum absolute atomic E-state index is 0.175. The molecule has 4 unspecified atom stereocenters. The second kappa shape index (κ2) is 3.61. The second-order valence-electron chi connectivity index (χ2n) is 6.05. The fourth-order valence-corrected chi connectivity index (χ4v) is 6.98. The third kappa shape index (κ3) is 1.54. The fraction of sp³-hybridized carbons (Fsp3) is 1.00. The number of sulfone groups is 1. The number of fused-ring (bicyclic) bond motifs is 2. The molecule has 2 nitrogen and oxygen atoms in total. The van der Waals surface area contributed by atoms with E-state index in [1.807, 2.05) is 0 Å². The van der Waals surface area contributed by atoms with Crippen LogP contribution >= 0.6 is 11.6 Å². The third-order valence-electron chi connectivity index (χ3n) is 5.32. The molecule has 0 N–H and O–H groups in total. The molecule has 92 valence electrons. The SMILES string of the molecule is O=S1(=O)CCC(C2(CCl)CC3CCC2C3)C1. The van der Waals surface area contributed by atoms with Gasteiger partial charge in [0.1, 0.15) is 0 Å². The second-order valence-corrected chi connectivity index (χ2v) is 8.54. The minimum Gasteiger partial charge on any atom is -0.229 e. The highest BCUT2D eigenvalue weighted by molar-refractivity contribution is 7.91. The zero-order valence-corrected chi connectivity index (χ0v) is 11.1. The van der Waals surface area contributed by atoms with E-state index in [4.69, 9.17) is 11.6 Å². The van der Waals surface area contributed by atoms with Gasteiger partial charge in [0.05, 0.1) is 11.5 Å². The van der Waals surface area contributed by atoms with E-state index in [0.29, 0.717) is 29.2 Å². The van der Waals surface area contributed by atoms with Gasteiger partial charge in [0.15, 0.2) is 9.84 Å². The van der Waals surface area contributed by atoms with E-state index in [2.05, 4.69) is 0 Å². The van der Waals surface area contributed by atoms with Crippen molar-refractivity contribution in [2.75, 3.05) is 17.4 Å². The third-order valence-corrected chi connectivity index (χ3v) is 7.58. The average Bonchev–Trinajstić information content (AvgIpc) is 2.90. The quantitative estimate of drug-likeness (QED) is 0.717. The number of alkyl halides is 1. The van der Waals surface area contributed by atoms with Crippen LogP contribution in [-0.2, 0) is 9.84 Å². The van der Waals surface area contributed by atoms with Gasteiger partial charge < -0.3 is 0 Å². The predicted octanol–water partition coefficient (Wildman–Crippen LogP) is 2.47. The highest BCUT2D eigenvalue weighted by atomic mass is 35.5. The van der Waals surface area contributed by atoms with E-state index < -0.39 is 9.84 Å². The van der Waals surface area contributed by atoms with Crippen LogP contribution < -0.4 is 0 Å². The first kappa shape index (κ1) is 11.3. The molecule has 16 heavy (non-hydrogen) atoms. The zero-order valence-electron chi connectivity index (χ0n) is 9.49. The summed E-state index contributed by atoms with van der Waals surface area (Å²) in [6.45, 7) is 0. The molecule has 0 aromatic carbocycles. The summed E-state index contributed by atoms with van der Waals surface area (Å²) in [6, 6.07) is 0. The fourth-order valence-electron chi connectivity index (χ4n) is 4.51. The van der Waals surface area contributed by atoms with Gasteiger partial charge in [-0.05, 0) is 48.9 Å².